The number of aryl methyl sites for hydroxylation is 1. The maximum absolute atomic E-state index is 12.8. The van der Waals surface area contributed by atoms with Gasteiger partial charge in [0.05, 0.1) is 11.4 Å². The predicted octanol–water partition coefficient (Wildman–Crippen LogP) is 1.33. The van der Waals surface area contributed by atoms with E-state index in [1.165, 1.54) is 31.2 Å². The van der Waals surface area contributed by atoms with Crippen molar-refractivity contribution in [2.45, 2.75) is 18.7 Å². The Morgan fingerprint density at radius 1 is 1.10 bits per heavy atom. The van der Waals surface area contributed by atoms with E-state index in [0.717, 1.165) is 9.87 Å². The van der Waals surface area contributed by atoms with Crippen LogP contribution in [0.3, 0.4) is 0 Å². The molecule has 3 rings (SSSR count). The van der Waals surface area contributed by atoms with Gasteiger partial charge in [0, 0.05) is 37.0 Å². The molecule has 158 valence electrons. The molecule has 3 N–H and O–H groups in total. The van der Waals surface area contributed by atoms with Crippen molar-refractivity contribution in [2.24, 2.45) is 0 Å². The number of piperazine rings is 1. The first-order valence-corrected chi connectivity index (χ1v) is 10.7. The smallest absolute Gasteiger partial charge is 0.255 e. The second-order valence-corrected chi connectivity index (χ2v) is 8.82. The van der Waals surface area contributed by atoms with Gasteiger partial charge in [0.2, 0.25) is 21.8 Å². The number of amides is 3. The van der Waals surface area contributed by atoms with Crippen LogP contribution < -0.4 is 16.0 Å². The molecule has 3 amide bonds. The van der Waals surface area contributed by atoms with E-state index < -0.39 is 15.9 Å². The van der Waals surface area contributed by atoms with Gasteiger partial charge >= 0.3 is 0 Å². The normalized spacial score (nSPS) is 14.7. The lowest BCUT2D eigenvalue weighted by atomic mass is 10.1. The van der Waals surface area contributed by atoms with Crippen LogP contribution in [0.1, 0.15) is 22.8 Å². The van der Waals surface area contributed by atoms with Gasteiger partial charge in [0.1, 0.15) is 0 Å². The van der Waals surface area contributed by atoms with Crippen molar-refractivity contribution in [1.29, 1.82) is 0 Å². The fourth-order valence-electron chi connectivity index (χ4n) is 3.04. The number of nitrogens with zero attached hydrogens (tertiary/aromatic N) is 1. The molecule has 0 bridgehead atoms. The molecule has 30 heavy (non-hydrogen) atoms. The Hall–Kier alpha value is -3.24. The van der Waals surface area contributed by atoms with Crippen molar-refractivity contribution in [2.75, 3.05) is 30.3 Å². The van der Waals surface area contributed by atoms with Gasteiger partial charge in [-0.05, 0) is 48.9 Å². The van der Waals surface area contributed by atoms with Crippen molar-refractivity contribution >= 4 is 39.1 Å². The molecule has 10 heteroatoms. The molecule has 0 aromatic heterocycles. The number of rotatable bonds is 5. The summed E-state index contributed by atoms with van der Waals surface area (Å²) < 4.78 is 26.7. The highest BCUT2D eigenvalue weighted by molar-refractivity contribution is 7.89. The number of sulfonamides is 1. The van der Waals surface area contributed by atoms with Gasteiger partial charge in [-0.15, -0.1) is 0 Å². The highest BCUT2D eigenvalue weighted by atomic mass is 32.2. The monoisotopic (exact) mass is 430 g/mol. The molecular weight excluding hydrogens is 408 g/mol. The summed E-state index contributed by atoms with van der Waals surface area (Å²) in [5.41, 5.74) is 2.08. The van der Waals surface area contributed by atoms with Crippen LogP contribution in [0.5, 0.6) is 0 Å². The fourth-order valence-corrected chi connectivity index (χ4v) is 4.49. The van der Waals surface area contributed by atoms with E-state index in [0.29, 0.717) is 11.4 Å². The van der Waals surface area contributed by atoms with Crippen molar-refractivity contribution in [3.8, 4) is 0 Å². The number of hydrogen-bond acceptors (Lipinski definition) is 5. The summed E-state index contributed by atoms with van der Waals surface area (Å²) in [7, 11) is -3.90. The minimum Gasteiger partial charge on any atom is -0.354 e. The highest BCUT2D eigenvalue weighted by Crippen LogP contribution is 2.22. The first-order valence-electron chi connectivity index (χ1n) is 9.23. The molecule has 2 aromatic rings. The Bertz CT molecular complexity index is 1110. The SMILES string of the molecule is CC(=O)Nc1ccc(NC(=O)c2cccc(S(=O)(=O)N3CCNC(=O)C3)c2)cc1C. The molecular formula is C20H22N4O5S. The molecule has 9 nitrogen and oxygen atoms in total. The number of benzene rings is 2. The van der Waals surface area contributed by atoms with E-state index in [1.54, 1.807) is 25.1 Å². The number of anilines is 2. The third-order valence-electron chi connectivity index (χ3n) is 4.53. The van der Waals surface area contributed by atoms with E-state index in [2.05, 4.69) is 16.0 Å². The van der Waals surface area contributed by atoms with E-state index in [1.807, 2.05) is 0 Å². The summed E-state index contributed by atoms with van der Waals surface area (Å²) in [5, 5.41) is 7.99. The quantitative estimate of drug-likeness (QED) is 0.660. The van der Waals surface area contributed by atoms with Gasteiger partial charge in [-0.1, -0.05) is 6.07 Å². The first-order chi connectivity index (χ1) is 14.2. The highest BCUT2D eigenvalue weighted by Gasteiger charge is 2.29. The molecule has 0 radical (unpaired) electrons. The van der Waals surface area contributed by atoms with E-state index >= 15 is 0 Å². The average molecular weight is 430 g/mol. The van der Waals surface area contributed by atoms with Crippen molar-refractivity contribution in [3.05, 3.63) is 53.6 Å². The molecule has 0 unspecified atom stereocenters. The van der Waals surface area contributed by atoms with Crippen LogP contribution in [0.15, 0.2) is 47.4 Å². The molecule has 1 aliphatic heterocycles. The molecule has 2 aromatic carbocycles. The Kier molecular flexibility index (Phi) is 6.18. The zero-order valence-corrected chi connectivity index (χ0v) is 17.4. The summed E-state index contributed by atoms with van der Waals surface area (Å²) in [6.45, 7) is 3.37. The largest absolute Gasteiger partial charge is 0.354 e. The minimum absolute atomic E-state index is 0.0537. The molecule has 0 atom stereocenters. The average Bonchev–Trinajstić information content (AvgIpc) is 2.70. The van der Waals surface area contributed by atoms with Crippen molar-refractivity contribution in [1.82, 2.24) is 9.62 Å². The van der Waals surface area contributed by atoms with E-state index in [9.17, 15) is 22.8 Å². The minimum atomic E-state index is -3.90. The summed E-state index contributed by atoms with van der Waals surface area (Å²) in [6.07, 6.45) is 0. The molecule has 0 spiro atoms. The number of nitrogens with one attached hydrogen (secondary N) is 3. The third kappa shape index (κ3) is 4.84. The van der Waals surface area contributed by atoms with E-state index in [4.69, 9.17) is 0 Å². The van der Waals surface area contributed by atoms with Crippen molar-refractivity contribution in [3.63, 3.8) is 0 Å². The zero-order chi connectivity index (χ0) is 21.9. The maximum Gasteiger partial charge on any atom is 0.255 e. The van der Waals surface area contributed by atoms with Gasteiger partial charge in [0.15, 0.2) is 0 Å². The fraction of sp³-hybridized carbons (Fsp3) is 0.250. The molecule has 1 heterocycles. The van der Waals surface area contributed by atoms with Gasteiger partial charge in [-0.3, -0.25) is 14.4 Å². The standard InChI is InChI=1S/C20H22N4O5S/c1-13-10-16(6-7-18(13)22-14(2)25)23-20(27)15-4-3-5-17(11-15)30(28,29)24-9-8-21-19(26)12-24/h3-7,10-11H,8-9,12H2,1-2H3,(H,21,26)(H,22,25)(H,23,27). The van der Waals surface area contributed by atoms with E-state index in [-0.39, 0.29) is 41.9 Å². The van der Waals surface area contributed by atoms with Crippen LogP contribution in [0.25, 0.3) is 0 Å². The molecule has 1 fully saturated rings. The molecule has 1 saturated heterocycles. The summed E-state index contributed by atoms with van der Waals surface area (Å²) >= 11 is 0. The number of carbonyl (C=O) groups excluding carboxylic acids is 3. The summed E-state index contributed by atoms with van der Waals surface area (Å²) in [4.78, 5) is 35.3. The Labute approximate surface area is 174 Å². The summed E-state index contributed by atoms with van der Waals surface area (Å²) in [6, 6.07) is 10.7. The van der Waals surface area contributed by atoms with Gasteiger partial charge in [-0.25, -0.2) is 8.42 Å². The Morgan fingerprint density at radius 3 is 2.53 bits per heavy atom. The van der Waals surface area contributed by atoms with Gasteiger partial charge in [-0.2, -0.15) is 4.31 Å². The summed E-state index contributed by atoms with van der Waals surface area (Å²) in [5.74, 6) is -1.04. The first kappa shape index (κ1) is 21.5. The van der Waals surface area contributed by atoms with Crippen LogP contribution in [-0.2, 0) is 19.6 Å². The molecule has 1 aliphatic rings. The second-order valence-electron chi connectivity index (χ2n) is 6.88. The lowest BCUT2D eigenvalue weighted by molar-refractivity contribution is -0.122. The topological polar surface area (TPSA) is 125 Å². The third-order valence-corrected chi connectivity index (χ3v) is 6.37. The molecule has 0 aliphatic carbocycles. The molecule has 0 saturated carbocycles. The maximum atomic E-state index is 12.8. The Morgan fingerprint density at radius 2 is 1.87 bits per heavy atom. The van der Waals surface area contributed by atoms with Crippen LogP contribution >= 0.6 is 0 Å². The van der Waals surface area contributed by atoms with Crippen molar-refractivity contribution < 1.29 is 22.8 Å². The van der Waals surface area contributed by atoms with Crippen LogP contribution in [0.4, 0.5) is 11.4 Å². The number of hydrogen-bond donors (Lipinski definition) is 3. The van der Waals surface area contributed by atoms with Crippen LogP contribution in [0, 0.1) is 6.92 Å². The van der Waals surface area contributed by atoms with Gasteiger partial charge < -0.3 is 16.0 Å². The number of carbonyl (C=O) groups is 3. The zero-order valence-electron chi connectivity index (χ0n) is 16.6. The predicted molar refractivity (Wildman–Crippen MR) is 112 cm³/mol. The second kappa shape index (κ2) is 8.64. The van der Waals surface area contributed by atoms with Gasteiger partial charge in [0.25, 0.3) is 5.91 Å². The van der Waals surface area contributed by atoms with Crippen LogP contribution in [-0.4, -0.2) is 50.1 Å². The lowest BCUT2D eigenvalue weighted by Crippen LogP contribution is -2.49. The Balaban J connectivity index is 1.78. The lowest BCUT2D eigenvalue weighted by Gasteiger charge is -2.26. The van der Waals surface area contributed by atoms with Crippen LogP contribution in [0.2, 0.25) is 0 Å².